The Bertz CT molecular complexity index is 512. The highest BCUT2D eigenvalue weighted by Crippen LogP contribution is 2.16. The van der Waals surface area contributed by atoms with E-state index in [2.05, 4.69) is 4.72 Å². The molecule has 0 saturated carbocycles. The third-order valence-corrected chi connectivity index (χ3v) is 4.42. The number of nitrogens with zero attached hydrogens (tertiary/aromatic N) is 1. The highest BCUT2D eigenvalue weighted by molar-refractivity contribution is 7.89. The summed E-state index contributed by atoms with van der Waals surface area (Å²) >= 11 is 0. The van der Waals surface area contributed by atoms with Gasteiger partial charge in [-0.25, -0.2) is 13.1 Å². The molecule has 18 heavy (non-hydrogen) atoms. The first kappa shape index (κ1) is 14.9. The molecule has 5 nitrogen and oxygen atoms in total. The van der Waals surface area contributed by atoms with Gasteiger partial charge in [-0.1, -0.05) is 0 Å². The molecule has 0 aliphatic rings. The van der Waals surface area contributed by atoms with Crippen LogP contribution in [0.5, 0.6) is 0 Å². The summed E-state index contributed by atoms with van der Waals surface area (Å²) in [7, 11) is 0.358. The first-order chi connectivity index (χ1) is 8.24. The Morgan fingerprint density at radius 2 is 2.00 bits per heavy atom. The molecule has 0 saturated heterocycles. The summed E-state index contributed by atoms with van der Waals surface area (Å²) in [4.78, 5) is 2.21. The van der Waals surface area contributed by atoms with Crippen molar-refractivity contribution in [2.24, 2.45) is 0 Å². The van der Waals surface area contributed by atoms with Crippen LogP contribution in [-0.4, -0.2) is 40.0 Å². The van der Waals surface area contributed by atoms with Crippen LogP contribution in [0.15, 0.2) is 23.1 Å². The number of sulfonamides is 1. The van der Waals surface area contributed by atoms with Gasteiger partial charge in [-0.2, -0.15) is 0 Å². The van der Waals surface area contributed by atoms with E-state index in [4.69, 9.17) is 5.73 Å². The molecule has 3 N–H and O–H groups in total. The maximum absolute atomic E-state index is 12.1. The maximum atomic E-state index is 12.1. The van der Waals surface area contributed by atoms with Crippen molar-refractivity contribution in [1.29, 1.82) is 0 Å². The zero-order valence-electron chi connectivity index (χ0n) is 11.3. The molecular formula is C12H21N3O2S. The number of anilines is 1. The van der Waals surface area contributed by atoms with Gasteiger partial charge in [-0.3, -0.25) is 0 Å². The van der Waals surface area contributed by atoms with Crippen molar-refractivity contribution in [3.8, 4) is 0 Å². The third-order valence-electron chi connectivity index (χ3n) is 3.00. The molecule has 6 heteroatoms. The minimum absolute atomic E-state index is 0.134. The van der Waals surface area contributed by atoms with E-state index in [0.717, 1.165) is 5.56 Å². The second kappa shape index (κ2) is 5.69. The molecular weight excluding hydrogens is 250 g/mol. The number of nitrogens with two attached hydrogens (primary N) is 1. The number of likely N-dealkylation sites (N-methyl/N-ethyl adjacent to an activating group) is 1. The lowest BCUT2D eigenvalue weighted by atomic mass is 10.2. The molecule has 0 amide bonds. The minimum atomic E-state index is -3.46. The Labute approximate surface area is 109 Å². The van der Waals surface area contributed by atoms with Gasteiger partial charge in [0.15, 0.2) is 0 Å². The number of benzene rings is 1. The fraction of sp³-hybridized carbons (Fsp3) is 0.500. The predicted molar refractivity (Wildman–Crippen MR) is 73.9 cm³/mol. The molecule has 1 atom stereocenters. The molecule has 0 heterocycles. The fourth-order valence-electron chi connectivity index (χ4n) is 1.31. The standard InChI is InChI=1S/C12H21N3O2S/c1-9-7-11(5-6-12(9)13)18(16,17)14-8-10(2)15(3)4/h5-7,10,14H,8,13H2,1-4H3. The molecule has 1 unspecified atom stereocenters. The Morgan fingerprint density at radius 3 is 2.50 bits per heavy atom. The van der Waals surface area contributed by atoms with E-state index >= 15 is 0 Å². The highest BCUT2D eigenvalue weighted by atomic mass is 32.2. The molecule has 0 aromatic heterocycles. The third kappa shape index (κ3) is 3.69. The van der Waals surface area contributed by atoms with E-state index in [1.165, 1.54) is 6.07 Å². The highest BCUT2D eigenvalue weighted by Gasteiger charge is 2.16. The van der Waals surface area contributed by atoms with Crippen molar-refractivity contribution in [2.45, 2.75) is 24.8 Å². The zero-order chi connectivity index (χ0) is 13.9. The van der Waals surface area contributed by atoms with Gasteiger partial charge in [0, 0.05) is 18.3 Å². The zero-order valence-corrected chi connectivity index (χ0v) is 12.1. The molecule has 0 radical (unpaired) electrons. The monoisotopic (exact) mass is 271 g/mol. The van der Waals surface area contributed by atoms with Crippen LogP contribution in [-0.2, 0) is 10.0 Å². The molecule has 0 aliphatic heterocycles. The summed E-state index contributed by atoms with van der Waals surface area (Å²) in [6, 6.07) is 4.84. The van der Waals surface area contributed by atoms with Crippen molar-refractivity contribution in [2.75, 3.05) is 26.4 Å². The van der Waals surface area contributed by atoms with Crippen LogP contribution in [0.2, 0.25) is 0 Å². The van der Waals surface area contributed by atoms with Crippen molar-refractivity contribution < 1.29 is 8.42 Å². The first-order valence-corrected chi connectivity index (χ1v) is 7.24. The lowest BCUT2D eigenvalue weighted by molar-refractivity contribution is 0.314. The maximum Gasteiger partial charge on any atom is 0.240 e. The van der Waals surface area contributed by atoms with Gasteiger partial charge in [0.25, 0.3) is 0 Å². The molecule has 1 rings (SSSR count). The average molecular weight is 271 g/mol. The van der Waals surface area contributed by atoms with Crippen LogP contribution in [0.4, 0.5) is 5.69 Å². The Morgan fingerprint density at radius 1 is 1.39 bits per heavy atom. The summed E-state index contributed by atoms with van der Waals surface area (Å²) < 4.78 is 26.7. The van der Waals surface area contributed by atoms with E-state index in [1.807, 2.05) is 25.9 Å². The number of nitrogens with one attached hydrogen (secondary N) is 1. The Balaban J connectivity index is 2.83. The Kier molecular flexibility index (Phi) is 4.72. The molecule has 0 spiro atoms. The number of hydrogen-bond acceptors (Lipinski definition) is 4. The van der Waals surface area contributed by atoms with E-state index in [9.17, 15) is 8.42 Å². The van der Waals surface area contributed by atoms with Crippen LogP contribution in [0.25, 0.3) is 0 Å². The topological polar surface area (TPSA) is 75.4 Å². The predicted octanol–water partition coefficient (Wildman–Crippen LogP) is 0.806. The molecule has 0 aliphatic carbocycles. The van der Waals surface area contributed by atoms with Gasteiger partial charge in [-0.15, -0.1) is 0 Å². The van der Waals surface area contributed by atoms with Crippen molar-refractivity contribution in [3.63, 3.8) is 0 Å². The molecule has 1 aromatic carbocycles. The van der Waals surface area contributed by atoms with E-state index in [0.29, 0.717) is 12.2 Å². The van der Waals surface area contributed by atoms with Crippen LogP contribution in [0, 0.1) is 6.92 Å². The van der Waals surface area contributed by atoms with Crippen molar-refractivity contribution >= 4 is 15.7 Å². The largest absolute Gasteiger partial charge is 0.399 e. The smallest absolute Gasteiger partial charge is 0.240 e. The van der Waals surface area contributed by atoms with Gasteiger partial charge < -0.3 is 10.6 Å². The molecule has 102 valence electrons. The van der Waals surface area contributed by atoms with E-state index in [-0.39, 0.29) is 10.9 Å². The van der Waals surface area contributed by atoms with Crippen LogP contribution in [0.3, 0.4) is 0 Å². The SMILES string of the molecule is Cc1cc(S(=O)(=O)NCC(C)N(C)C)ccc1N. The second-order valence-electron chi connectivity index (χ2n) is 4.68. The van der Waals surface area contributed by atoms with Gasteiger partial charge in [0.2, 0.25) is 10.0 Å². The van der Waals surface area contributed by atoms with E-state index in [1.54, 1.807) is 19.1 Å². The van der Waals surface area contributed by atoms with Gasteiger partial charge in [0.1, 0.15) is 0 Å². The number of hydrogen-bond donors (Lipinski definition) is 2. The summed E-state index contributed by atoms with van der Waals surface area (Å²) in [5.41, 5.74) is 7.03. The second-order valence-corrected chi connectivity index (χ2v) is 6.45. The van der Waals surface area contributed by atoms with Crippen molar-refractivity contribution in [3.05, 3.63) is 23.8 Å². The van der Waals surface area contributed by atoms with Gasteiger partial charge in [-0.05, 0) is 51.7 Å². The average Bonchev–Trinajstić information content (AvgIpc) is 2.29. The van der Waals surface area contributed by atoms with Gasteiger partial charge in [0.05, 0.1) is 4.90 Å². The molecule has 0 fully saturated rings. The quantitative estimate of drug-likeness (QED) is 0.777. The molecule has 1 aromatic rings. The Hall–Kier alpha value is -1.11. The lowest BCUT2D eigenvalue weighted by Crippen LogP contribution is -2.38. The number of nitrogen functional groups attached to an aromatic ring is 1. The molecule has 0 bridgehead atoms. The number of aryl methyl sites for hydroxylation is 1. The van der Waals surface area contributed by atoms with Crippen LogP contribution in [0.1, 0.15) is 12.5 Å². The fourth-order valence-corrected chi connectivity index (χ4v) is 2.52. The van der Waals surface area contributed by atoms with Crippen molar-refractivity contribution in [1.82, 2.24) is 9.62 Å². The van der Waals surface area contributed by atoms with E-state index < -0.39 is 10.0 Å². The summed E-state index contributed by atoms with van der Waals surface area (Å²) in [5.74, 6) is 0. The van der Waals surface area contributed by atoms with Crippen LogP contribution < -0.4 is 10.5 Å². The summed E-state index contributed by atoms with van der Waals surface area (Å²) in [5, 5.41) is 0. The first-order valence-electron chi connectivity index (χ1n) is 5.76. The lowest BCUT2D eigenvalue weighted by Gasteiger charge is -2.20. The van der Waals surface area contributed by atoms with Crippen LogP contribution >= 0.6 is 0 Å². The summed E-state index contributed by atoms with van der Waals surface area (Å²) in [6.07, 6.45) is 0. The number of rotatable bonds is 5. The van der Waals surface area contributed by atoms with Gasteiger partial charge >= 0.3 is 0 Å². The normalized spacial score (nSPS) is 13.8. The summed E-state index contributed by atoms with van der Waals surface area (Å²) in [6.45, 7) is 4.12. The minimum Gasteiger partial charge on any atom is -0.399 e.